The second-order valence-electron chi connectivity index (χ2n) is 3.96. The van der Waals surface area contributed by atoms with Gasteiger partial charge in [-0.3, -0.25) is 0 Å². The third kappa shape index (κ3) is 3.75. The number of halogens is 1. The van der Waals surface area contributed by atoms with Crippen molar-refractivity contribution in [3.63, 3.8) is 0 Å². The molecule has 1 aliphatic carbocycles. The molecule has 1 N–H and O–H groups in total. The van der Waals surface area contributed by atoms with Crippen LogP contribution >= 0.6 is 11.6 Å². The lowest BCUT2D eigenvalue weighted by atomic mass is 10.0. The molecule has 0 saturated heterocycles. The van der Waals surface area contributed by atoms with Gasteiger partial charge in [-0.05, 0) is 25.7 Å². The number of alkyl halides is 1. The van der Waals surface area contributed by atoms with Crippen molar-refractivity contribution in [2.75, 3.05) is 11.6 Å². The maximum absolute atomic E-state index is 11.4. The standard InChI is InChI=1S/C9H18ClNO2S/c1-8(9-4-2-3-5-9)11-14(12,13)7-6-10/h8-9,11H,2-7H2,1H3/t8-/m0/s1. The van der Waals surface area contributed by atoms with Gasteiger partial charge in [-0.15, -0.1) is 11.6 Å². The Morgan fingerprint density at radius 1 is 1.43 bits per heavy atom. The van der Waals surface area contributed by atoms with E-state index in [1.807, 2.05) is 6.92 Å². The van der Waals surface area contributed by atoms with E-state index < -0.39 is 10.0 Å². The summed E-state index contributed by atoms with van der Waals surface area (Å²) in [5.74, 6) is 0.693. The van der Waals surface area contributed by atoms with Crippen molar-refractivity contribution in [1.29, 1.82) is 0 Å². The van der Waals surface area contributed by atoms with Crippen LogP contribution in [-0.4, -0.2) is 26.1 Å². The van der Waals surface area contributed by atoms with Gasteiger partial charge in [0.2, 0.25) is 10.0 Å². The number of sulfonamides is 1. The molecule has 1 saturated carbocycles. The van der Waals surface area contributed by atoms with Gasteiger partial charge in [0.05, 0.1) is 5.75 Å². The van der Waals surface area contributed by atoms with E-state index in [1.165, 1.54) is 12.8 Å². The lowest BCUT2D eigenvalue weighted by Gasteiger charge is -2.19. The molecule has 5 heteroatoms. The topological polar surface area (TPSA) is 46.2 Å². The molecule has 0 aromatic heterocycles. The fourth-order valence-corrected chi connectivity index (χ4v) is 3.69. The molecule has 0 aromatic carbocycles. The Balaban J connectivity index is 2.42. The Kier molecular flexibility index (Phi) is 4.67. The van der Waals surface area contributed by atoms with Crippen LogP contribution in [0.2, 0.25) is 0 Å². The molecule has 84 valence electrons. The average Bonchev–Trinajstić information content (AvgIpc) is 2.53. The van der Waals surface area contributed by atoms with E-state index in [1.54, 1.807) is 0 Å². The highest BCUT2D eigenvalue weighted by Gasteiger charge is 2.24. The molecule has 1 aliphatic rings. The summed E-state index contributed by atoms with van der Waals surface area (Å²) in [5, 5.41) is 0. The molecule has 0 aromatic rings. The molecule has 1 rings (SSSR count). The predicted octanol–water partition coefficient (Wildman–Crippen LogP) is 1.72. The van der Waals surface area contributed by atoms with Crippen molar-refractivity contribution < 1.29 is 8.42 Å². The van der Waals surface area contributed by atoms with Gasteiger partial charge in [0.15, 0.2) is 0 Å². The van der Waals surface area contributed by atoms with E-state index >= 15 is 0 Å². The first-order chi connectivity index (χ1) is 6.55. The minimum atomic E-state index is -3.15. The molecule has 0 spiro atoms. The van der Waals surface area contributed by atoms with Crippen LogP contribution in [-0.2, 0) is 10.0 Å². The van der Waals surface area contributed by atoms with Crippen molar-refractivity contribution in [3.05, 3.63) is 0 Å². The summed E-state index contributed by atoms with van der Waals surface area (Å²) in [4.78, 5) is 0. The van der Waals surface area contributed by atoms with Crippen molar-refractivity contribution in [2.45, 2.75) is 38.6 Å². The third-order valence-corrected chi connectivity index (χ3v) is 4.70. The van der Waals surface area contributed by atoms with Gasteiger partial charge in [0.1, 0.15) is 0 Å². The fourth-order valence-electron chi connectivity index (χ4n) is 2.00. The number of hydrogen-bond acceptors (Lipinski definition) is 2. The first kappa shape index (κ1) is 12.3. The van der Waals surface area contributed by atoms with E-state index in [2.05, 4.69) is 4.72 Å². The molecule has 0 radical (unpaired) electrons. The highest BCUT2D eigenvalue weighted by molar-refractivity contribution is 7.89. The molecule has 0 amide bonds. The van der Waals surface area contributed by atoms with Crippen LogP contribution < -0.4 is 4.72 Å². The minimum Gasteiger partial charge on any atom is -0.212 e. The second kappa shape index (κ2) is 5.33. The van der Waals surface area contributed by atoms with Crippen LogP contribution in [0.25, 0.3) is 0 Å². The van der Waals surface area contributed by atoms with Crippen LogP contribution in [0.5, 0.6) is 0 Å². The van der Waals surface area contributed by atoms with Gasteiger partial charge < -0.3 is 0 Å². The zero-order valence-electron chi connectivity index (χ0n) is 8.50. The van der Waals surface area contributed by atoms with Gasteiger partial charge in [-0.2, -0.15) is 0 Å². The Morgan fingerprint density at radius 2 is 2.00 bits per heavy atom. The van der Waals surface area contributed by atoms with Crippen LogP contribution in [0, 0.1) is 5.92 Å². The SMILES string of the molecule is C[C@H](NS(=O)(=O)CCCl)C1CCCC1. The third-order valence-electron chi connectivity index (χ3n) is 2.82. The predicted molar refractivity (Wildman–Crippen MR) is 59.1 cm³/mol. The van der Waals surface area contributed by atoms with Crippen molar-refractivity contribution in [3.8, 4) is 0 Å². The molecule has 1 atom stereocenters. The normalized spacial score (nSPS) is 21.3. The molecule has 0 heterocycles. The molecule has 3 nitrogen and oxygen atoms in total. The van der Waals surface area contributed by atoms with Crippen LogP contribution in [0.15, 0.2) is 0 Å². The monoisotopic (exact) mass is 239 g/mol. The number of hydrogen-bond donors (Lipinski definition) is 1. The number of rotatable bonds is 5. The average molecular weight is 240 g/mol. The van der Waals surface area contributed by atoms with Crippen LogP contribution in [0.1, 0.15) is 32.6 Å². The molecule has 14 heavy (non-hydrogen) atoms. The van der Waals surface area contributed by atoms with E-state index in [0.717, 1.165) is 12.8 Å². The van der Waals surface area contributed by atoms with Crippen molar-refractivity contribution >= 4 is 21.6 Å². The van der Waals surface area contributed by atoms with Crippen LogP contribution in [0.3, 0.4) is 0 Å². The molecular weight excluding hydrogens is 222 g/mol. The second-order valence-corrected chi connectivity index (χ2v) is 6.21. The summed E-state index contributed by atoms with van der Waals surface area (Å²) in [6.45, 7) is 1.95. The zero-order valence-corrected chi connectivity index (χ0v) is 10.1. The summed E-state index contributed by atoms with van der Waals surface area (Å²) in [5.41, 5.74) is 0. The fraction of sp³-hybridized carbons (Fsp3) is 1.00. The van der Waals surface area contributed by atoms with E-state index in [-0.39, 0.29) is 17.7 Å². The lowest BCUT2D eigenvalue weighted by molar-refractivity contribution is 0.424. The Morgan fingerprint density at radius 3 is 2.50 bits per heavy atom. The first-order valence-electron chi connectivity index (χ1n) is 5.11. The summed E-state index contributed by atoms with van der Waals surface area (Å²) < 4.78 is 25.5. The maximum atomic E-state index is 11.4. The summed E-state index contributed by atoms with van der Waals surface area (Å²) in [7, 11) is -3.15. The highest BCUT2D eigenvalue weighted by Crippen LogP contribution is 2.27. The molecule has 1 fully saturated rings. The van der Waals surface area contributed by atoms with E-state index in [9.17, 15) is 8.42 Å². The van der Waals surface area contributed by atoms with Gasteiger partial charge in [-0.1, -0.05) is 12.8 Å². The van der Waals surface area contributed by atoms with Gasteiger partial charge >= 0.3 is 0 Å². The Bertz CT molecular complexity index is 260. The molecule has 0 unspecified atom stereocenters. The summed E-state index contributed by atoms with van der Waals surface area (Å²) >= 11 is 5.41. The van der Waals surface area contributed by atoms with Gasteiger partial charge in [0.25, 0.3) is 0 Å². The Labute approximate surface area is 91.3 Å². The lowest BCUT2D eigenvalue weighted by Crippen LogP contribution is -2.38. The Hall–Kier alpha value is 0.200. The zero-order chi connectivity index (χ0) is 10.6. The van der Waals surface area contributed by atoms with Gasteiger partial charge in [-0.25, -0.2) is 13.1 Å². The maximum Gasteiger partial charge on any atom is 0.213 e. The molecule has 0 aliphatic heterocycles. The van der Waals surface area contributed by atoms with Gasteiger partial charge in [0, 0.05) is 11.9 Å². The largest absolute Gasteiger partial charge is 0.213 e. The number of nitrogens with one attached hydrogen (secondary N) is 1. The first-order valence-corrected chi connectivity index (χ1v) is 7.30. The van der Waals surface area contributed by atoms with E-state index in [4.69, 9.17) is 11.6 Å². The summed E-state index contributed by atoms with van der Waals surface area (Å²) in [6, 6.07) is 0.0608. The van der Waals surface area contributed by atoms with Crippen molar-refractivity contribution in [2.24, 2.45) is 5.92 Å². The molecular formula is C9H18ClNO2S. The highest BCUT2D eigenvalue weighted by atomic mass is 35.5. The smallest absolute Gasteiger partial charge is 0.212 e. The molecule has 0 bridgehead atoms. The van der Waals surface area contributed by atoms with Crippen LogP contribution in [0.4, 0.5) is 0 Å². The van der Waals surface area contributed by atoms with E-state index in [0.29, 0.717) is 5.92 Å². The quantitative estimate of drug-likeness (QED) is 0.743. The summed E-state index contributed by atoms with van der Waals surface area (Å²) in [6.07, 6.45) is 4.74. The van der Waals surface area contributed by atoms with Crippen molar-refractivity contribution in [1.82, 2.24) is 4.72 Å². The minimum absolute atomic E-state index is 0.0195.